The molecule has 2 nitrogen and oxygen atoms in total. The van der Waals surface area contributed by atoms with Gasteiger partial charge < -0.3 is 4.74 Å². The summed E-state index contributed by atoms with van der Waals surface area (Å²) < 4.78 is 33.0. The molecule has 0 N–H and O–H groups in total. The van der Waals surface area contributed by atoms with Gasteiger partial charge in [0.05, 0.1) is 18.1 Å². The number of ether oxygens (including phenoxy) is 1. The van der Waals surface area contributed by atoms with E-state index in [2.05, 4.69) is 0 Å². The van der Waals surface area contributed by atoms with Gasteiger partial charge in [0.2, 0.25) is 0 Å². The zero-order valence-electron chi connectivity index (χ0n) is 12.0. The molecule has 1 saturated heterocycles. The van der Waals surface area contributed by atoms with Crippen molar-refractivity contribution < 1.29 is 18.3 Å². The van der Waals surface area contributed by atoms with E-state index < -0.39 is 17.7 Å². The lowest BCUT2D eigenvalue weighted by Crippen LogP contribution is -2.23. The number of allylic oxidation sites excluding steroid dienone is 1. The highest BCUT2D eigenvalue weighted by molar-refractivity contribution is 6.24. The molecule has 0 radical (unpaired) electrons. The molecule has 0 amide bonds. The van der Waals surface area contributed by atoms with E-state index in [0.29, 0.717) is 16.7 Å². The van der Waals surface area contributed by atoms with Gasteiger partial charge in [0.15, 0.2) is 17.4 Å². The number of carbonyl (C=O) groups excluding carboxylic acids is 1. The van der Waals surface area contributed by atoms with Gasteiger partial charge in [-0.25, -0.2) is 8.78 Å². The van der Waals surface area contributed by atoms with Gasteiger partial charge in [-0.1, -0.05) is 36.4 Å². The Balaban J connectivity index is 1.61. The Morgan fingerprint density at radius 2 is 1.57 bits per heavy atom. The molecule has 1 aliphatic carbocycles. The Hall–Kier alpha value is -2.33. The topological polar surface area (TPSA) is 26.3 Å². The number of halogens is 2. The van der Waals surface area contributed by atoms with Crippen LogP contribution in [0.3, 0.4) is 0 Å². The summed E-state index contributed by atoms with van der Waals surface area (Å²) in [6.07, 6.45) is 1.11. The minimum Gasteiger partial charge on any atom is -0.364 e. The van der Waals surface area contributed by atoms with E-state index in [-0.39, 0.29) is 23.7 Å². The maximum absolute atomic E-state index is 13.6. The molecule has 114 valence electrons. The lowest BCUT2D eigenvalue weighted by atomic mass is 9.77. The molecule has 0 saturated carbocycles. The molecule has 0 spiro atoms. The number of rotatable bonds is 1. The molecule has 0 unspecified atom stereocenters. The SMILES string of the molecule is O=C1C(c2ccccc2)=C[C@@H]2[C@H]1[C@@H]1O[C@H]2c2cc(F)c(F)cc21. The van der Waals surface area contributed by atoms with Crippen molar-refractivity contribution in [2.75, 3.05) is 0 Å². The van der Waals surface area contributed by atoms with Gasteiger partial charge in [0.25, 0.3) is 0 Å². The van der Waals surface area contributed by atoms with Crippen LogP contribution >= 0.6 is 0 Å². The number of fused-ring (bicyclic) bond motifs is 8. The average Bonchev–Trinajstić information content (AvgIpc) is 3.19. The van der Waals surface area contributed by atoms with Crippen LogP contribution in [-0.4, -0.2) is 5.78 Å². The van der Waals surface area contributed by atoms with Crippen molar-refractivity contribution in [3.05, 3.63) is 76.9 Å². The van der Waals surface area contributed by atoms with Crippen molar-refractivity contribution in [3.8, 4) is 0 Å². The van der Waals surface area contributed by atoms with Gasteiger partial charge in [-0.3, -0.25) is 4.79 Å². The Labute approximate surface area is 131 Å². The number of hydrogen-bond donors (Lipinski definition) is 0. The van der Waals surface area contributed by atoms with Crippen molar-refractivity contribution in [3.63, 3.8) is 0 Å². The summed E-state index contributed by atoms with van der Waals surface area (Å²) in [6.45, 7) is 0. The van der Waals surface area contributed by atoms with Crippen LogP contribution in [0.15, 0.2) is 48.5 Å². The summed E-state index contributed by atoms with van der Waals surface area (Å²) in [5, 5.41) is 0. The largest absolute Gasteiger partial charge is 0.364 e. The maximum Gasteiger partial charge on any atom is 0.169 e. The monoisotopic (exact) mass is 310 g/mol. The molecular formula is C19H12F2O2. The zero-order valence-corrected chi connectivity index (χ0v) is 12.0. The fourth-order valence-electron chi connectivity index (χ4n) is 4.15. The first kappa shape index (κ1) is 13.1. The van der Waals surface area contributed by atoms with E-state index in [1.807, 2.05) is 36.4 Å². The summed E-state index contributed by atoms with van der Waals surface area (Å²) in [5.74, 6) is -2.15. The van der Waals surface area contributed by atoms with Gasteiger partial charge in [0, 0.05) is 11.5 Å². The first-order valence-electron chi connectivity index (χ1n) is 7.61. The first-order chi connectivity index (χ1) is 11.1. The van der Waals surface area contributed by atoms with Crippen molar-refractivity contribution in [2.45, 2.75) is 12.2 Å². The summed E-state index contributed by atoms with van der Waals surface area (Å²) in [6, 6.07) is 11.9. The van der Waals surface area contributed by atoms with Crippen LogP contribution in [0.25, 0.3) is 5.57 Å². The van der Waals surface area contributed by atoms with Gasteiger partial charge in [-0.2, -0.15) is 0 Å². The fraction of sp³-hybridized carbons (Fsp3) is 0.211. The highest BCUT2D eigenvalue weighted by Gasteiger charge is 2.57. The second-order valence-corrected chi connectivity index (χ2v) is 6.29. The van der Waals surface area contributed by atoms with Crippen LogP contribution in [0.5, 0.6) is 0 Å². The van der Waals surface area contributed by atoms with Gasteiger partial charge in [0.1, 0.15) is 0 Å². The lowest BCUT2D eigenvalue weighted by molar-refractivity contribution is -0.118. The molecule has 4 heteroatoms. The van der Waals surface area contributed by atoms with E-state index in [1.165, 1.54) is 12.1 Å². The van der Waals surface area contributed by atoms with Crippen molar-refractivity contribution in [1.29, 1.82) is 0 Å². The fourth-order valence-corrected chi connectivity index (χ4v) is 4.15. The number of ketones is 1. The van der Waals surface area contributed by atoms with Crippen LogP contribution in [0.1, 0.15) is 28.9 Å². The van der Waals surface area contributed by atoms with Gasteiger partial charge in [-0.05, 0) is 28.8 Å². The van der Waals surface area contributed by atoms with Crippen molar-refractivity contribution >= 4 is 11.4 Å². The van der Waals surface area contributed by atoms with Crippen molar-refractivity contribution in [1.82, 2.24) is 0 Å². The van der Waals surface area contributed by atoms with Gasteiger partial charge in [-0.15, -0.1) is 0 Å². The molecule has 4 atom stereocenters. The first-order valence-corrected chi connectivity index (χ1v) is 7.61. The normalized spacial score (nSPS) is 30.3. The van der Waals surface area contributed by atoms with Crippen LogP contribution in [0, 0.1) is 23.5 Å². The Morgan fingerprint density at radius 3 is 2.26 bits per heavy atom. The molecule has 23 heavy (non-hydrogen) atoms. The molecule has 3 aliphatic rings. The average molecular weight is 310 g/mol. The standard InChI is InChI=1S/C19H12F2O2/c20-14-7-11-12(8-15(14)21)19-16-13(18(11)23-19)6-10(17(16)22)9-4-2-1-3-5-9/h1-8,13,16,18-19H/t13-,16-,18+,19-/m1/s1. The summed E-state index contributed by atoms with van der Waals surface area (Å²) in [4.78, 5) is 12.8. The predicted octanol–water partition coefficient (Wildman–Crippen LogP) is 3.99. The maximum atomic E-state index is 13.6. The number of Topliss-reactive ketones (excluding diaryl/α,β-unsaturated/α-hetero) is 1. The third-order valence-corrected chi connectivity index (χ3v) is 5.13. The predicted molar refractivity (Wildman–Crippen MR) is 79.3 cm³/mol. The van der Waals surface area contributed by atoms with E-state index >= 15 is 0 Å². The molecule has 2 aromatic rings. The van der Waals surface area contributed by atoms with Crippen LogP contribution in [-0.2, 0) is 9.53 Å². The molecule has 2 heterocycles. The third-order valence-electron chi connectivity index (χ3n) is 5.13. The van der Waals surface area contributed by atoms with Crippen LogP contribution in [0.4, 0.5) is 8.78 Å². The van der Waals surface area contributed by atoms with E-state index in [4.69, 9.17) is 4.74 Å². The van der Waals surface area contributed by atoms with Crippen LogP contribution in [0.2, 0.25) is 0 Å². The Morgan fingerprint density at radius 1 is 0.913 bits per heavy atom. The molecule has 5 rings (SSSR count). The molecule has 2 aromatic carbocycles. The third kappa shape index (κ3) is 1.61. The minimum atomic E-state index is -0.891. The quantitative estimate of drug-likeness (QED) is 0.796. The molecular weight excluding hydrogens is 298 g/mol. The molecule has 2 bridgehead atoms. The summed E-state index contributed by atoms with van der Waals surface area (Å²) in [7, 11) is 0. The summed E-state index contributed by atoms with van der Waals surface area (Å²) in [5.41, 5.74) is 2.86. The molecule has 2 aliphatic heterocycles. The Bertz CT molecular complexity index is 872. The summed E-state index contributed by atoms with van der Waals surface area (Å²) >= 11 is 0. The Kier molecular flexibility index (Phi) is 2.49. The molecule has 1 fully saturated rings. The number of carbonyl (C=O) groups is 1. The minimum absolute atomic E-state index is 0.0316. The second kappa shape index (κ2) is 4.36. The van der Waals surface area contributed by atoms with Crippen LogP contribution < -0.4 is 0 Å². The van der Waals surface area contributed by atoms with E-state index in [9.17, 15) is 13.6 Å². The van der Waals surface area contributed by atoms with E-state index in [0.717, 1.165) is 5.56 Å². The highest BCUT2D eigenvalue weighted by Crippen LogP contribution is 2.61. The lowest BCUT2D eigenvalue weighted by Gasteiger charge is -2.22. The zero-order chi connectivity index (χ0) is 15.7. The number of benzene rings is 2. The van der Waals surface area contributed by atoms with E-state index in [1.54, 1.807) is 0 Å². The van der Waals surface area contributed by atoms with Crippen molar-refractivity contribution in [2.24, 2.45) is 11.8 Å². The smallest absolute Gasteiger partial charge is 0.169 e. The second-order valence-electron chi connectivity index (χ2n) is 6.29. The number of hydrogen-bond acceptors (Lipinski definition) is 2. The highest BCUT2D eigenvalue weighted by atomic mass is 19.2. The van der Waals surface area contributed by atoms with Gasteiger partial charge >= 0.3 is 0 Å². The molecule has 0 aromatic heterocycles.